The minimum atomic E-state index is -4.45. The maximum Gasteiger partial charge on any atom is 0.416 e. The molecule has 0 saturated carbocycles. The predicted octanol–water partition coefficient (Wildman–Crippen LogP) is 4.52. The van der Waals surface area contributed by atoms with Crippen LogP contribution in [0.5, 0.6) is 0 Å². The van der Waals surface area contributed by atoms with E-state index in [4.69, 9.17) is 4.52 Å². The van der Waals surface area contributed by atoms with Crippen LogP contribution in [0.1, 0.15) is 31.6 Å². The van der Waals surface area contributed by atoms with Crippen LogP contribution in [0.15, 0.2) is 34.9 Å². The fourth-order valence-corrected chi connectivity index (χ4v) is 2.39. The number of hydrogen-bond donors (Lipinski definition) is 2. The zero-order valence-corrected chi connectivity index (χ0v) is 16.3. The first-order chi connectivity index (χ1) is 13.5. The fraction of sp³-hybridized carbons (Fsp3) is 0.421. The van der Waals surface area contributed by atoms with Gasteiger partial charge in [0.2, 0.25) is 5.91 Å². The van der Waals surface area contributed by atoms with Crippen LogP contribution in [0.2, 0.25) is 0 Å². The first-order valence-electron chi connectivity index (χ1n) is 9.01. The predicted molar refractivity (Wildman–Crippen MR) is 101 cm³/mol. The molecule has 1 heterocycles. The van der Waals surface area contributed by atoms with Crippen molar-refractivity contribution in [3.8, 4) is 0 Å². The molecule has 1 aromatic carbocycles. The molecule has 158 valence electrons. The number of carbonyl (C=O) groups is 2. The molecule has 2 aromatic rings. The maximum absolute atomic E-state index is 12.7. The van der Waals surface area contributed by atoms with E-state index >= 15 is 0 Å². The van der Waals surface area contributed by atoms with Crippen molar-refractivity contribution in [2.24, 2.45) is 5.92 Å². The Morgan fingerprint density at radius 2 is 1.83 bits per heavy atom. The number of carbonyl (C=O) groups excluding carboxylic acids is 2. The van der Waals surface area contributed by atoms with Crippen molar-refractivity contribution in [3.63, 3.8) is 0 Å². The van der Waals surface area contributed by atoms with Crippen LogP contribution < -0.4 is 10.6 Å². The molecule has 0 spiro atoms. The lowest BCUT2D eigenvalue weighted by molar-refractivity contribution is -0.137. The van der Waals surface area contributed by atoms with Crippen LogP contribution in [-0.2, 0) is 11.0 Å². The second-order valence-electron chi connectivity index (χ2n) is 6.98. The van der Waals surface area contributed by atoms with Gasteiger partial charge in [0, 0.05) is 18.3 Å². The zero-order valence-electron chi connectivity index (χ0n) is 16.3. The third kappa shape index (κ3) is 7.13. The van der Waals surface area contributed by atoms with Crippen LogP contribution in [0.25, 0.3) is 0 Å². The standard InChI is InChI=1S/C19H23F3N4O3/c1-12(2)8-9-26(11-17(27)24-16-10-13(3)29-25-16)18(28)23-15-6-4-14(5-7-15)19(20,21)22/h4-7,10,12H,8-9,11H2,1-3H3,(H,23,28)(H,24,25,27). The van der Waals surface area contributed by atoms with E-state index in [1.807, 2.05) is 13.8 Å². The highest BCUT2D eigenvalue weighted by molar-refractivity contribution is 5.96. The van der Waals surface area contributed by atoms with Crippen LogP contribution in [-0.4, -0.2) is 35.1 Å². The average Bonchev–Trinajstić information content (AvgIpc) is 3.02. The molecule has 0 atom stereocenters. The van der Waals surface area contributed by atoms with Crippen molar-refractivity contribution < 1.29 is 27.3 Å². The minimum absolute atomic E-state index is 0.199. The summed E-state index contributed by atoms with van der Waals surface area (Å²) in [6.07, 6.45) is -3.81. The molecule has 3 amide bonds. The van der Waals surface area contributed by atoms with Crippen molar-refractivity contribution in [3.05, 3.63) is 41.7 Å². The molecule has 0 aliphatic rings. The SMILES string of the molecule is Cc1cc(NC(=O)CN(CCC(C)C)C(=O)Nc2ccc(C(F)(F)F)cc2)no1. The molecule has 0 bridgehead atoms. The summed E-state index contributed by atoms with van der Waals surface area (Å²) < 4.78 is 42.8. The summed E-state index contributed by atoms with van der Waals surface area (Å²) in [7, 11) is 0. The van der Waals surface area contributed by atoms with Gasteiger partial charge in [0.05, 0.1) is 5.56 Å². The molecule has 0 saturated heterocycles. The van der Waals surface area contributed by atoms with Gasteiger partial charge in [-0.2, -0.15) is 13.2 Å². The Labute approximate surface area is 166 Å². The molecule has 0 aliphatic heterocycles. The highest BCUT2D eigenvalue weighted by atomic mass is 19.4. The summed E-state index contributed by atoms with van der Waals surface area (Å²) in [5.41, 5.74) is -0.612. The molecule has 1 aromatic heterocycles. The second-order valence-corrected chi connectivity index (χ2v) is 6.98. The van der Waals surface area contributed by atoms with Crippen LogP contribution in [0.3, 0.4) is 0 Å². The number of hydrogen-bond acceptors (Lipinski definition) is 4. The van der Waals surface area contributed by atoms with Gasteiger partial charge in [0.25, 0.3) is 0 Å². The van der Waals surface area contributed by atoms with E-state index in [0.717, 1.165) is 12.1 Å². The summed E-state index contributed by atoms with van der Waals surface area (Å²) in [6.45, 7) is 5.68. The number of rotatable bonds is 7. The maximum atomic E-state index is 12.7. The molecule has 10 heteroatoms. The Kier molecular flexibility index (Phi) is 7.24. The van der Waals surface area contributed by atoms with E-state index in [0.29, 0.717) is 18.7 Å². The monoisotopic (exact) mass is 412 g/mol. The van der Waals surface area contributed by atoms with Gasteiger partial charge in [0.1, 0.15) is 12.3 Å². The Morgan fingerprint density at radius 1 is 1.17 bits per heavy atom. The smallest absolute Gasteiger partial charge is 0.360 e. The highest BCUT2D eigenvalue weighted by Crippen LogP contribution is 2.29. The average molecular weight is 412 g/mol. The topological polar surface area (TPSA) is 87.5 Å². The number of urea groups is 1. The first-order valence-corrected chi connectivity index (χ1v) is 9.01. The third-order valence-electron chi connectivity index (χ3n) is 3.96. The summed E-state index contributed by atoms with van der Waals surface area (Å²) in [6, 6.07) is 5.05. The molecule has 0 fully saturated rings. The van der Waals surface area contributed by atoms with Gasteiger partial charge in [0.15, 0.2) is 5.82 Å². The summed E-state index contributed by atoms with van der Waals surface area (Å²) in [4.78, 5) is 26.1. The first kappa shape index (κ1) is 22.3. The van der Waals surface area contributed by atoms with Gasteiger partial charge in [-0.1, -0.05) is 19.0 Å². The normalized spacial score (nSPS) is 11.4. The van der Waals surface area contributed by atoms with Gasteiger partial charge in [-0.15, -0.1) is 0 Å². The van der Waals surface area contributed by atoms with E-state index in [-0.39, 0.29) is 24.0 Å². The van der Waals surface area contributed by atoms with Gasteiger partial charge in [-0.25, -0.2) is 4.79 Å². The Bertz CT molecular complexity index is 832. The van der Waals surface area contributed by atoms with Crippen molar-refractivity contribution in [2.75, 3.05) is 23.7 Å². The molecule has 29 heavy (non-hydrogen) atoms. The van der Waals surface area contributed by atoms with Crippen molar-refractivity contribution in [1.82, 2.24) is 10.1 Å². The third-order valence-corrected chi connectivity index (χ3v) is 3.96. The van der Waals surface area contributed by atoms with Crippen LogP contribution in [0, 0.1) is 12.8 Å². The van der Waals surface area contributed by atoms with E-state index < -0.39 is 23.7 Å². The number of nitrogens with one attached hydrogen (secondary N) is 2. The number of aryl methyl sites for hydroxylation is 1. The van der Waals surface area contributed by atoms with Gasteiger partial charge in [-0.05, 0) is 43.5 Å². The number of aromatic nitrogens is 1. The molecule has 2 rings (SSSR count). The molecule has 0 radical (unpaired) electrons. The zero-order chi connectivity index (χ0) is 21.6. The highest BCUT2D eigenvalue weighted by Gasteiger charge is 2.30. The number of nitrogens with zero attached hydrogens (tertiary/aromatic N) is 2. The number of anilines is 2. The number of alkyl halides is 3. The largest absolute Gasteiger partial charge is 0.416 e. The molecule has 2 N–H and O–H groups in total. The summed E-state index contributed by atoms with van der Waals surface area (Å²) in [5, 5.41) is 8.72. The van der Waals surface area contributed by atoms with E-state index in [2.05, 4.69) is 15.8 Å². The molecule has 0 unspecified atom stereocenters. The molecule has 0 aliphatic carbocycles. The lowest BCUT2D eigenvalue weighted by Gasteiger charge is -2.23. The van der Waals surface area contributed by atoms with Crippen molar-refractivity contribution >= 4 is 23.4 Å². The Morgan fingerprint density at radius 3 is 2.34 bits per heavy atom. The van der Waals surface area contributed by atoms with E-state index in [1.54, 1.807) is 13.0 Å². The lowest BCUT2D eigenvalue weighted by Crippen LogP contribution is -2.41. The summed E-state index contributed by atoms with van der Waals surface area (Å²) in [5.74, 6) is 0.582. The Balaban J connectivity index is 2.03. The number of benzene rings is 1. The summed E-state index contributed by atoms with van der Waals surface area (Å²) >= 11 is 0. The lowest BCUT2D eigenvalue weighted by atomic mass is 10.1. The quantitative estimate of drug-likeness (QED) is 0.700. The van der Waals surface area contributed by atoms with Gasteiger partial charge in [-0.3, -0.25) is 4.79 Å². The van der Waals surface area contributed by atoms with Gasteiger partial charge < -0.3 is 20.1 Å². The van der Waals surface area contributed by atoms with E-state index in [1.165, 1.54) is 17.0 Å². The fourth-order valence-electron chi connectivity index (χ4n) is 2.39. The molecular weight excluding hydrogens is 389 g/mol. The van der Waals surface area contributed by atoms with E-state index in [9.17, 15) is 22.8 Å². The molecule has 7 nitrogen and oxygen atoms in total. The van der Waals surface area contributed by atoms with Crippen molar-refractivity contribution in [2.45, 2.75) is 33.4 Å². The number of amides is 3. The van der Waals surface area contributed by atoms with Crippen molar-refractivity contribution in [1.29, 1.82) is 0 Å². The minimum Gasteiger partial charge on any atom is -0.360 e. The second kappa shape index (κ2) is 9.44. The number of halogens is 3. The van der Waals surface area contributed by atoms with Crippen LogP contribution >= 0.6 is 0 Å². The molecular formula is C19H23F3N4O3. The van der Waals surface area contributed by atoms with Gasteiger partial charge >= 0.3 is 12.2 Å². The Hall–Kier alpha value is -3.04. The van der Waals surface area contributed by atoms with Crippen LogP contribution in [0.4, 0.5) is 29.5 Å².